The summed E-state index contributed by atoms with van der Waals surface area (Å²) in [7, 11) is 0. The smallest absolute Gasteiger partial charge is 0.312 e. The van der Waals surface area contributed by atoms with Crippen molar-refractivity contribution in [2.24, 2.45) is 11.7 Å². The maximum Gasteiger partial charge on any atom is 0.312 e. The molecule has 3 amide bonds. The van der Waals surface area contributed by atoms with Crippen molar-refractivity contribution in [1.82, 2.24) is 10.6 Å². The van der Waals surface area contributed by atoms with Gasteiger partial charge in [0, 0.05) is 26.0 Å². The molecular weight excluding hydrogens is 506 g/mol. The third-order valence-corrected chi connectivity index (χ3v) is 7.43. The molecule has 11 heteroatoms. The van der Waals surface area contributed by atoms with Crippen molar-refractivity contribution in [3.63, 3.8) is 0 Å². The van der Waals surface area contributed by atoms with Gasteiger partial charge in [0.25, 0.3) is 0 Å². The van der Waals surface area contributed by atoms with Crippen LogP contribution in [0.5, 0.6) is 0 Å². The fraction of sp³-hybridized carbons (Fsp3) is 0.679. The van der Waals surface area contributed by atoms with Gasteiger partial charge in [-0.3, -0.25) is 9.59 Å². The lowest BCUT2D eigenvalue weighted by Crippen LogP contribution is -2.53. The normalized spacial score (nSPS) is 35.6. The first kappa shape index (κ1) is 30.8. The molecule has 0 aromatic heterocycles. The largest absolute Gasteiger partial charge is 0.459 e. The number of urea groups is 1. The highest BCUT2D eigenvalue weighted by Gasteiger charge is 2.58. The zero-order chi connectivity index (χ0) is 28.7. The molecule has 9 atom stereocenters. The fourth-order valence-electron chi connectivity index (χ4n) is 5.10. The number of amides is 3. The Hall–Kier alpha value is -2.73. The van der Waals surface area contributed by atoms with Crippen LogP contribution >= 0.6 is 0 Å². The first-order valence-corrected chi connectivity index (χ1v) is 13.6. The van der Waals surface area contributed by atoms with E-state index >= 15 is 0 Å². The molecule has 3 aliphatic rings. The monoisotopic (exact) mass is 549 g/mol. The van der Waals surface area contributed by atoms with Crippen LogP contribution in [0.15, 0.2) is 36.0 Å². The SMILES string of the molecule is CC(=O)OC(C)C=CC(=O)N[C@@H]1C[C@H](C)[C@H](C/C=C(C)/C=C/[C@H]2O[C@H](CNC(N)=O)C[C@@]3(CO3)[C@@H]2O)O[C@@H]1C. The summed E-state index contributed by atoms with van der Waals surface area (Å²) in [6.45, 7) is 9.77. The van der Waals surface area contributed by atoms with E-state index in [0.29, 0.717) is 19.4 Å². The van der Waals surface area contributed by atoms with Gasteiger partial charge < -0.3 is 40.4 Å². The number of hydrogen-bond donors (Lipinski definition) is 4. The molecule has 0 bridgehead atoms. The van der Waals surface area contributed by atoms with Crippen LogP contribution in [-0.4, -0.2) is 84.4 Å². The number of nitrogens with one attached hydrogen (secondary N) is 2. The molecule has 218 valence electrons. The molecule has 5 N–H and O–H groups in total. The van der Waals surface area contributed by atoms with Gasteiger partial charge in [0.15, 0.2) is 0 Å². The van der Waals surface area contributed by atoms with Crippen molar-refractivity contribution < 1.29 is 38.4 Å². The molecule has 39 heavy (non-hydrogen) atoms. The van der Waals surface area contributed by atoms with Gasteiger partial charge in [-0.25, -0.2) is 4.79 Å². The van der Waals surface area contributed by atoms with Crippen LogP contribution in [0.2, 0.25) is 0 Å². The van der Waals surface area contributed by atoms with Crippen LogP contribution < -0.4 is 16.4 Å². The minimum Gasteiger partial charge on any atom is -0.459 e. The summed E-state index contributed by atoms with van der Waals surface area (Å²) in [6, 6.07) is -0.743. The molecule has 11 nitrogen and oxygen atoms in total. The Balaban J connectivity index is 1.49. The van der Waals surface area contributed by atoms with Crippen molar-refractivity contribution in [3.05, 3.63) is 36.0 Å². The zero-order valence-corrected chi connectivity index (χ0v) is 23.4. The van der Waals surface area contributed by atoms with Crippen molar-refractivity contribution in [2.45, 2.75) is 102 Å². The summed E-state index contributed by atoms with van der Waals surface area (Å²) in [5.74, 6) is -0.428. The number of primary amides is 1. The first-order valence-electron chi connectivity index (χ1n) is 13.6. The van der Waals surface area contributed by atoms with Crippen LogP contribution in [0, 0.1) is 5.92 Å². The predicted molar refractivity (Wildman–Crippen MR) is 143 cm³/mol. The van der Waals surface area contributed by atoms with E-state index in [1.54, 1.807) is 13.0 Å². The maximum atomic E-state index is 12.3. The van der Waals surface area contributed by atoms with E-state index < -0.39 is 35.9 Å². The molecule has 3 fully saturated rings. The number of hydrogen-bond acceptors (Lipinski definition) is 8. The summed E-state index contributed by atoms with van der Waals surface area (Å²) < 4.78 is 22.8. The second-order valence-electron chi connectivity index (χ2n) is 10.9. The second kappa shape index (κ2) is 13.6. The Bertz CT molecular complexity index is 976. The number of carbonyl (C=O) groups excluding carboxylic acids is 3. The lowest BCUT2D eigenvalue weighted by molar-refractivity contribution is -0.143. The average Bonchev–Trinajstić information content (AvgIpc) is 3.63. The van der Waals surface area contributed by atoms with E-state index in [1.807, 2.05) is 26.0 Å². The summed E-state index contributed by atoms with van der Waals surface area (Å²) in [5, 5.41) is 16.3. The summed E-state index contributed by atoms with van der Waals surface area (Å²) in [5.41, 5.74) is 5.55. The molecule has 0 radical (unpaired) electrons. The van der Waals surface area contributed by atoms with Crippen LogP contribution in [-0.2, 0) is 28.5 Å². The van der Waals surface area contributed by atoms with Gasteiger partial charge >= 0.3 is 12.0 Å². The molecule has 0 aromatic rings. The van der Waals surface area contributed by atoms with Gasteiger partial charge in [-0.2, -0.15) is 0 Å². The third kappa shape index (κ3) is 9.16. The van der Waals surface area contributed by atoms with Gasteiger partial charge in [0.05, 0.1) is 31.0 Å². The molecule has 0 aromatic carbocycles. The first-order chi connectivity index (χ1) is 18.4. The Morgan fingerprint density at radius 2 is 1.92 bits per heavy atom. The summed E-state index contributed by atoms with van der Waals surface area (Å²) in [6.07, 6.45) is 8.44. The molecular formula is C28H43N3O8. The van der Waals surface area contributed by atoms with Crippen LogP contribution in [0.1, 0.15) is 53.9 Å². The minimum atomic E-state index is -0.791. The Labute approximate surface area is 230 Å². The number of epoxide rings is 1. The molecule has 3 rings (SSSR count). The quantitative estimate of drug-likeness (QED) is 0.138. The van der Waals surface area contributed by atoms with E-state index in [2.05, 4.69) is 23.6 Å². The molecule has 3 heterocycles. The van der Waals surface area contributed by atoms with Crippen molar-refractivity contribution in [3.8, 4) is 0 Å². The number of nitrogens with two attached hydrogens (primary N) is 1. The number of allylic oxidation sites excluding steroid dienone is 2. The van der Waals surface area contributed by atoms with Crippen LogP contribution in [0.3, 0.4) is 0 Å². The maximum absolute atomic E-state index is 12.3. The Morgan fingerprint density at radius 1 is 1.21 bits per heavy atom. The highest BCUT2D eigenvalue weighted by Crippen LogP contribution is 2.42. The molecule has 0 aliphatic carbocycles. The van der Waals surface area contributed by atoms with E-state index in [-0.39, 0.29) is 42.7 Å². The summed E-state index contributed by atoms with van der Waals surface area (Å²) in [4.78, 5) is 34.4. The van der Waals surface area contributed by atoms with E-state index in [4.69, 9.17) is 24.7 Å². The van der Waals surface area contributed by atoms with Crippen LogP contribution in [0.25, 0.3) is 0 Å². The minimum absolute atomic E-state index is 0.0000540. The fourth-order valence-corrected chi connectivity index (χ4v) is 5.10. The van der Waals surface area contributed by atoms with Gasteiger partial charge in [-0.15, -0.1) is 0 Å². The van der Waals surface area contributed by atoms with Crippen molar-refractivity contribution in [1.29, 1.82) is 0 Å². The van der Waals surface area contributed by atoms with Crippen LogP contribution in [0.4, 0.5) is 4.79 Å². The van der Waals surface area contributed by atoms with Gasteiger partial charge in [-0.05, 0) is 45.6 Å². The van der Waals surface area contributed by atoms with E-state index in [0.717, 1.165) is 12.0 Å². The lowest BCUT2D eigenvalue weighted by Gasteiger charge is -2.39. The molecule has 0 saturated carbocycles. The van der Waals surface area contributed by atoms with Crippen molar-refractivity contribution >= 4 is 17.9 Å². The number of esters is 1. The number of rotatable bonds is 10. The number of aliphatic hydroxyl groups is 1. The topological polar surface area (TPSA) is 162 Å². The van der Waals surface area contributed by atoms with E-state index in [1.165, 1.54) is 13.0 Å². The predicted octanol–water partition coefficient (Wildman–Crippen LogP) is 1.64. The van der Waals surface area contributed by atoms with Gasteiger partial charge in [-0.1, -0.05) is 30.7 Å². The van der Waals surface area contributed by atoms with Gasteiger partial charge in [0.2, 0.25) is 5.91 Å². The average molecular weight is 550 g/mol. The Morgan fingerprint density at radius 3 is 2.56 bits per heavy atom. The molecule has 1 spiro atoms. The van der Waals surface area contributed by atoms with E-state index in [9.17, 15) is 19.5 Å². The number of carbonyl (C=O) groups is 3. The van der Waals surface area contributed by atoms with Crippen molar-refractivity contribution in [2.75, 3.05) is 13.2 Å². The summed E-state index contributed by atoms with van der Waals surface area (Å²) >= 11 is 0. The van der Waals surface area contributed by atoms with Gasteiger partial charge in [0.1, 0.15) is 23.9 Å². The molecule has 1 unspecified atom stereocenters. The lowest BCUT2D eigenvalue weighted by atomic mass is 9.87. The standard InChI is InChI=1S/C28H43N3O8/c1-16(7-10-24-26(34)28(15-36-28)13-21(39-24)14-30-27(29)35)6-9-23-17(2)12-22(19(4)38-23)31-25(33)11-8-18(3)37-20(5)32/h6-8,10-11,17-19,21-24,26,34H,9,12-15H2,1-5H3,(H,31,33)(H3,29,30,35)/b10-7+,11-8?,16-6+/t17-,18?,19+,21-,22+,23-,24+,26+,28+/m0/s1. The number of ether oxygens (including phenoxy) is 4. The highest BCUT2D eigenvalue weighted by molar-refractivity contribution is 5.87. The number of aliphatic hydroxyl groups excluding tert-OH is 1. The zero-order valence-electron chi connectivity index (χ0n) is 23.4. The Kier molecular flexibility index (Phi) is 10.7. The highest BCUT2D eigenvalue weighted by atomic mass is 16.6. The molecule has 3 saturated heterocycles. The third-order valence-electron chi connectivity index (χ3n) is 7.43. The molecule has 3 aliphatic heterocycles. The second-order valence-corrected chi connectivity index (χ2v) is 10.9.